The van der Waals surface area contributed by atoms with E-state index in [1.54, 1.807) is 25.3 Å². The van der Waals surface area contributed by atoms with E-state index in [0.717, 1.165) is 17.5 Å². The minimum Gasteiger partial charge on any atom is -0.507 e. The summed E-state index contributed by atoms with van der Waals surface area (Å²) in [4.78, 5) is 15.1. The third-order valence-corrected chi connectivity index (χ3v) is 5.56. The number of benzene rings is 2. The summed E-state index contributed by atoms with van der Waals surface area (Å²) < 4.78 is 11.5. The predicted molar refractivity (Wildman–Crippen MR) is 122 cm³/mol. The van der Waals surface area contributed by atoms with Gasteiger partial charge in [0.2, 0.25) is 0 Å². The van der Waals surface area contributed by atoms with Gasteiger partial charge < -0.3 is 19.5 Å². The van der Waals surface area contributed by atoms with Gasteiger partial charge in [0.05, 0.1) is 19.8 Å². The Morgan fingerprint density at radius 1 is 1.19 bits per heavy atom. The lowest BCUT2D eigenvalue weighted by Gasteiger charge is -2.26. The van der Waals surface area contributed by atoms with Crippen LogP contribution in [0.2, 0.25) is 0 Å². The van der Waals surface area contributed by atoms with Gasteiger partial charge in [0, 0.05) is 17.7 Å². The number of aromatic amines is 1. The van der Waals surface area contributed by atoms with Gasteiger partial charge in [-0.15, -0.1) is 0 Å². The van der Waals surface area contributed by atoms with E-state index in [4.69, 9.17) is 9.47 Å². The first-order chi connectivity index (χ1) is 15.5. The number of phenolic OH excluding ortho intramolecular Hbond substituents is 1. The number of rotatable bonds is 8. The van der Waals surface area contributed by atoms with Gasteiger partial charge in [-0.3, -0.25) is 9.89 Å². The van der Waals surface area contributed by atoms with Gasteiger partial charge in [-0.05, 0) is 42.2 Å². The van der Waals surface area contributed by atoms with E-state index < -0.39 is 0 Å². The second-order valence-corrected chi connectivity index (χ2v) is 8.39. The molecule has 0 bridgehead atoms. The number of amides is 1. The summed E-state index contributed by atoms with van der Waals surface area (Å²) in [7, 11) is 1.61. The van der Waals surface area contributed by atoms with Crippen LogP contribution in [0.4, 0.5) is 0 Å². The lowest BCUT2D eigenvalue weighted by molar-refractivity contribution is 0.0743. The van der Waals surface area contributed by atoms with Gasteiger partial charge in [-0.2, -0.15) is 5.10 Å². The third-order valence-electron chi connectivity index (χ3n) is 5.56. The molecule has 0 radical (unpaired) electrons. The standard InChI is InChI=1S/C25H29N3O4/c1-5-12-28-24(16-10-11-19(20(13-16)31-4)32-14-15(2)3)21-22(26-27-23(21)25(28)30)17-8-6-7-9-18(17)29/h6-11,13,15,24,29H,5,12,14H2,1-4H3,(H,26,27)/t24-/m1/s1. The number of aromatic nitrogens is 2. The molecule has 1 aliphatic rings. The van der Waals surface area contributed by atoms with Gasteiger partial charge in [0.25, 0.3) is 5.91 Å². The lowest BCUT2D eigenvalue weighted by Crippen LogP contribution is -2.30. The average Bonchev–Trinajstić information content (AvgIpc) is 3.32. The molecule has 1 amide bonds. The van der Waals surface area contributed by atoms with Gasteiger partial charge in [-0.25, -0.2) is 0 Å². The van der Waals surface area contributed by atoms with Crippen molar-refractivity contribution in [2.75, 3.05) is 20.3 Å². The third kappa shape index (κ3) is 3.79. The fourth-order valence-electron chi connectivity index (χ4n) is 4.12. The number of hydrogen-bond donors (Lipinski definition) is 2. The highest BCUT2D eigenvalue weighted by molar-refractivity contribution is 6.00. The Hall–Kier alpha value is -3.48. The maximum atomic E-state index is 13.2. The maximum absolute atomic E-state index is 13.2. The van der Waals surface area contributed by atoms with Gasteiger partial charge in [-0.1, -0.05) is 39.0 Å². The Kier molecular flexibility index (Phi) is 6.08. The molecule has 0 unspecified atom stereocenters. The molecule has 0 saturated carbocycles. The molecule has 7 heteroatoms. The largest absolute Gasteiger partial charge is 0.507 e. The number of H-pyrrole nitrogens is 1. The van der Waals surface area contributed by atoms with Crippen LogP contribution in [0.3, 0.4) is 0 Å². The van der Waals surface area contributed by atoms with Crippen LogP contribution in [0.25, 0.3) is 11.3 Å². The van der Waals surface area contributed by atoms with Crippen LogP contribution in [-0.4, -0.2) is 46.4 Å². The molecule has 1 atom stereocenters. The zero-order chi connectivity index (χ0) is 22.8. The van der Waals surface area contributed by atoms with Crippen molar-refractivity contribution >= 4 is 5.91 Å². The molecule has 0 aliphatic carbocycles. The van der Waals surface area contributed by atoms with E-state index in [9.17, 15) is 9.90 Å². The number of nitrogens with one attached hydrogen (secondary N) is 1. The second-order valence-electron chi connectivity index (χ2n) is 8.39. The minimum absolute atomic E-state index is 0.0971. The summed E-state index contributed by atoms with van der Waals surface area (Å²) in [5, 5.41) is 17.8. The molecule has 0 spiro atoms. The smallest absolute Gasteiger partial charge is 0.273 e. The van der Waals surface area contributed by atoms with E-state index in [1.807, 2.05) is 36.1 Å². The normalized spacial score (nSPS) is 15.3. The van der Waals surface area contributed by atoms with E-state index in [-0.39, 0.29) is 17.7 Å². The molecule has 1 aromatic heterocycles. The molecule has 168 valence electrons. The van der Waals surface area contributed by atoms with Crippen molar-refractivity contribution in [1.82, 2.24) is 15.1 Å². The van der Waals surface area contributed by atoms with Crippen LogP contribution in [0.15, 0.2) is 42.5 Å². The van der Waals surface area contributed by atoms with Crippen LogP contribution in [0.1, 0.15) is 54.8 Å². The fraction of sp³-hybridized carbons (Fsp3) is 0.360. The summed E-state index contributed by atoms with van der Waals surface area (Å²) in [5.41, 5.74) is 3.29. The number of aromatic hydroxyl groups is 1. The number of ether oxygens (including phenoxy) is 2. The molecular formula is C25H29N3O4. The van der Waals surface area contributed by atoms with Crippen molar-refractivity contribution in [3.63, 3.8) is 0 Å². The average molecular weight is 436 g/mol. The number of carbonyl (C=O) groups excluding carboxylic acids is 1. The van der Waals surface area contributed by atoms with Crippen molar-refractivity contribution in [1.29, 1.82) is 0 Å². The number of hydrogen-bond acceptors (Lipinski definition) is 5. The number of nitrogens with zero attached hydrogens (tertiary/aromatic N) is 2. The van der Waals surface area contributed by atoms with Gasteiger partial charge >= 0.3 is 0 Å². The second kappa shape index (κ2) is 8.94. The Labute approximate surface area is 188 Å². The van der Waals surface area contributed by atoms with Crippen LogP contribution in [0, 0.1) is 5.92 Å². The van der Waals surface area contributed by atoms with Gasteiger partial charge in [0.15, 0.2) is 11.5 Å². The molecule has 1 aliphatic heterocycles. The number of methoxy groups -OCH3 is 1. The van der Waals surface area contributed by atoms with E-state index in [1.165, 1.54) is 0 Å². The molecule has 3 aromatic rings. The van der Waals surface area contributed by atoms with Crippen LogP contribution in [0.5, 0.6) is 17.2 Å². The number of phenols is 1. The first-order valence-corrected chi connectivity index (χ1v) is 10.9. The summed E-state index contributed by atoms with van der Waals surface area (Å²) >= 11 is 0. The molecule has 32 heavy (non-hydrogen) atoms. The molecule has 0 fully saturated rings. The number of para-hydroxylation sites is 1. The Balaban J connectivity index is 1.82. The highest BCUT2D eigenvalue weighted by Gasteiger charge is 2.42. The van der Waals surface area contributed by atoms with Gasteiger partial charge in [0.1, 0.15) is 17.1 Å². The summed E-state index contributed by atoms with van der Waals surface area (Å²) in [6.45, 7) is 7.41. The summed E-state index contributed by atoms with van der Waals surface area (Å²) in [5.74, 6) is 1.70. The molecule has 7 nitrogen and oxygen atoms in total. The number of fused-ring (bicyclic) bond motifs is 1. The summed E-state index contributed by atoms with van der Waals surface area (Å²) in [6.07, 6.45) is 0.818. The highest BCUT2D eigenvalue weighted by atomic mass is 16.5. The molecule has 4 rings (SSSR count). The molecule has 2 aromatic carbocycles. The Bertz CT molecular complexity index is 1120. The van der Waals surface area contributed by atoms with Crippen molar-refractivity contribution in [2.45, 2.75) is 33.2 Å². The minimum atomic E-state index is -0.348. The van der Waals surface area contributed by atoms with Crippen molar-refractivity contribution in [2.24, 2.45) is 5.92 Å². The predicted octanol–water partition coefficient (Wildman–Crippen LogP) is 4.78. The van der Waals surface area contributed by atoms with Crippen LogP contribution < -0.4 is 9.47 Å². The maximum Gasteiger partial charge on any atom is 0.273 e. The summed E-state index contributed by atoms with van der Waals surface area (Å²) in [6, 6.07) is 12.5. The van der Waals surface area contributed by atoms with Crippen molar-refractivity contribution < 1.29 is 19.4 Å². The SMILES string of the molecule is CCCN1C(=O)c2[nH]nc(-c3ccccc3O)c2[C@H]1c1ccc(OCC(C)C)c(OC)c1. The Morgan fingerprint density at radius 3 is 2.66 bits per heavy atom. The lowest BCUT2D eigenvalue weighted by atomic mass is 9.95. The Morgan fingerprint density at radius 2 is 1.97 bits per heavy atom. The van der Waals surface area contributed by atoms with Crippen LogP contribution in [-0.2, 0) is 0 Å². The topological polar surface area (TPSA) is 87.7 Å². The van der Waals surface area contributed by atoms with E-state index >= 15 is 0 Å². The zero-order valence-electron chi connectivity index (χ0n) is 18.9. The first kappa shape index (κ1) is 21.7. The zero-order valence-corrected chi connectivity index (χ0v) is 18.9. The van der Waals surface area contributed by atoms with E-state index in [2.05, 4.69) is 24.0 Å². The highest BCUT2D eigenvalue weighted by Crippen LogP contribution is 2.45. The molecule has 2 heterocycles. The van der Waals surface area contributed by atoms with Crippen molar-refractivity contribution in [3.05, 3.63) is 59.3 Å². The molecular weight excluding hydrogens is 406 g/mol. The fourth-order valence-corrected chi connectivity index (χ4v) is 4.12. The first-order valence-electron chi connectivity index (χ1n) is 10.9. The molecule has 2 N–H and O–H groups in total. The van der Waals surface area contributed by atoms with E-state index in [0.29, 0.717) is 47.5 Å². The van der Waals surface area contributed by atoms with Crippen molar-refractivity contribution in [3.8, 4) is 28.5 Å². The molecule has 0 saturated heterocycles. The number of carbonyl (C=O) groups is 1. The monoisotopic (exact) mass is 435 g/mol. The quantitative estimate of drug-likeness (QED) is 0.532. The van der Waals surface area contributed by atoms with Crippen LogP contribution >= 0.6 is 0 Å².